The average Bonchev–Trinajstić information content (AvgIpc) is 3.17. The number of carbonyl (C=O) groups excluding carboxylic acids is 1. The Balaban J connectivity index is 1.52. The minimum atomic E-state index is -1.51. The molecule has 1 aromatic heterocycles. The third-order valence-corrected chi connectivity index (χ3v) is 6.79. The molecule has 180 valence electrons. The number of fused-ring (bicyclic) bond motifs is 2. The molecule has 2 aliphatic rings. The Morgan fingerprint density at radius 2 is 2.00 bits per heavy atom. The van der Waals surface area contributed by atoms with E-state index in [4.69, 9.17) is 15.7 Å². The minimum Gasteiger partial charge on any atom is -0.423 e. The summed E-state index contributed by atoms with van der Waals surface area (Å²) in [5, 5.41) is 22.5. The van der Waals surface area contributed by atoms with Crippen molar-refractivity contribution in [2.75, 3.05) is 23.8 Å². The molecular weight excluding hydrogens is 443 g/mol. The molecule has 0 fully saturated rings. The molecule has 0 saturated carbocycles. The highest BCUT2D eigenvalue weighted by molar-refractivity contribution is 6.58. The van der Waals surface area contributed by atoms with Crippen LogP contribution < -0.4 is 21.4 Å². The van der Waals surface area contributed by atoms with Crippen LogP contribution in [0.15, 0.2) is 42.5 Å². The van der Waals surface area contributed by atoms with E-state index in [0.717, 1.165) is 53.4 Å². The summed E-state index contributed by atoms with van der Waals surface area (Å²) in [7, 11) is 0.571. The predicted octanol–water partition coefficient (Wildman–Crippen LogP) is 0.938. The van der Waals surface area contributed by atoms with Crippen LogP contribution in [-0.2, 0) is 25.9 Å². The summed E-state index contributed by atoms with van der Waals surface area (Å²) in [5.74, 6) is 0.940. The van der Waals surface area contributed by atoms with Crippen molar-refractivity contribution < 1.29 is 14.8 Å². The fourth-order valence-corrected chi connectivity index (χ4v) is 5.03. The number of hydrogen-bond donors (Lipinski definition) is 4. The number of nitrogens with zero attached hydrogens (tertiary/aromatic N) is 4. The van der Waals surface area contributed by atoms with Gasteiger partial charge in [0.25, 0.3) is 0 Å². The number of amides is 1. The molecular formula is C25H29BN6O3. The van der Waals surface area contributed by atoms with Gasteiger partial charge in [-0.25, -0.2) is 4.98 Å². The molecule has 1 unspecified atom stereocenters. The van der Waals surface area contributed by atoms with Crippen molar-refractivity contribution in [2.24, 2.45) is 5.73 Å². The lowest BCUT2D eigenvalue weighted by Gasteiger charge is -2.29. The molecule has 2 aliphatic heterocycles. The number of benzene rings is 2. The standard InChI is InChI=1S/C25H29BN6O3/c1-15-11-20-18(23(27)33)7-4-8-22(20)32(15)25-29-21-14-31(2)10-9-19(21)24(30-25)28-13-16-5-3-6-17(12-16)26(34)35/h3-8,12,15,34-35H,9-11,13-14H2,1-2H3,(H2,27,33)(H,28,29,30). The highest BCUT2D eigenvalue weighted by Crippen LogP contribution is 2.39. The van der Waals surface area contributed by atoms with Crippen LogP contribution in [0.1, 0.15) is 39.7 Å². The molecule has 35 heavy (non-hydrogen) atoms. The number of likely N-dealkylation sites (N-methyl/N-ethyl adjacent to an activating group) is 1. The molecule has 1 amide bonds. The highest BCUT2D eigenvalue weighted by atomic mass is 16.4. The minimum absolute atomic E-state index is 0.0699. The summed E-state index contributed by atoms with van der Waals surface area (Å²) in [6, 6.07) is 12.9. The maximum atomic E-state index is 12.0. The van der Waals surface area contributed by atoms with Crippen molar-refractivity contribution in [3.63, 3.8) is 0 Å². The first-order chi connectivity index (χ1) is 16.8. The molecule has 3 heterocycles. The second-order valence-electron chi connectivity index (χ2n) is 9.35. The Labute approximate surface area is 204 Å². The zero-order valence-electron chi connectivity index (χ0n) is 19.9. The van der Waals surface area contributed by atoms with E-state index in [-0.39, 0.29) is 6.04 Å². The number of nitrogens with one attached hydrogen (secondary N) is 1. The molecule has 10 heteroatoms. The fourth-order valence-electron chi connectivity index (χ4n) is 5.03. The van der Waals surface area contributed by atoms with E-state index in [1.807, 2.05) is 18.2 Å². The van der Waals surface area contributed by atoms with E-state index in [0.29, 0.717) is 29.9 Å². The second-order valence-corrected chi connectivity index (χ2v) is 9.35. The van der Waals surface area contributed by atoms with Gasteiger partial charge in [0.15, 0.2) is 0 Å². The molecule has 0 spiro atoms. The van der Waals surface area contributed by atoms with Crippen molar-refractivity contribution >= 4 is 35.9 Å². The van der Waals surface area contributed by atoms with Crippen molar-refractivity contribution in [3.8, 4) is 0 Å². The van der Waals surface area contributed by atoms with Crippen LogP contribution in [0, 0.1) is 0 Å². The van der Waals surface area contributed by atoms with Gasteiger partial charge in [-0.15, -0.1) is 0 Å². The fraction of sp³-hybridized carbons (Fsp3) is 0.320. The van der Waals surface area contributed by atoms with Gasteiger partial charge in [-0.2, -0.15) is 4.98 Å². The Bertz CT molecular complexity index is 1280. The monoisotopic (exact) mass is 472 g/mol. The van der Waals surface area contributed by atoms with Crippen LogP contribution in [-0.4, -0.2) is 57.6 Å². The topological polar surface area (TPSA) is 128 Å². The van der Waals surface area contributed by atoms with Gasteiger partial charge in [-0.1, -0.05) is 30.3 Å². The van der Waals surface area contributed by atoms with Crippen LogP contribution >= 0.6 is 0 Å². The Morgan fingerprint density at radius 1 is 1.20 bits per heavy atom. The van der Waals surface area contributed by atoms with Crippen molar-refractivity contribution in [1.29, 1.82) is 0 Å². The third-order valence-electron chi connectivity index (χ3n) is 6.79. The summed E-state index contributed by atoms with van der Waals surface area (Å²) in [6.45, 7) is 4.22. The van der Waals surface area contributed by atoms with Crippen molar-refractivity contribution in [2.45, 2.75) is 38.9 Å². The highest BCUT2D eigenvalue weighted by Gasteiger charge is 2.33. The van der Waals surface area contributed by atoms with E-state index >= 15 is 0 Å². The Hall–Kier alpha value is -3.47. The number of carbonyl (C=O) groups is 1. The largest absolute Gasteiger partial charge is 0.488 e. The summed E-state index contributed by atoms with van der Waals surface area (Å²) < 4.78 is 0. The van der Waals surface area contributed by atoms with E-state index in [1.165, 1.54) is 0 Å². The first-order valence-electron chi connectivity index (χ1n) is 11.8. The average molecular weight is 472 g/mol. The van der Waals surface area contributed by atoms with Crippen LogP contribution in [0.2, 0.25) is 0 Å². The normalized spacial score (nSPS) is 17.1. The van der Waals surface area contributed by atoms with E-state index < -0.39 is 13.0 Å². The summed E-state index contributed by atoms with van der Waals surface area (Å²) in [4.78, 5) is 26.3. The van der Waals surface area contributed by atoms with E-state index in [2.05, 4.69) is 29.1 Å². The zero-order chi connectivity index (χ0) is 24.7. The zero-order valence-corrected chi connectivity index (χ0v) is 19.9. The maximum absolute atomic E-state index is 12.0. The third kappa shape index (κ3) is 4.48. The molecule has 0 saturated heterocycles. The number of nitrogens with two attached hydrogens (primary N) is 1. The lowest BCUT2D eigenvalue weighted by Crippen LogP contribution is -2.32. The number of aromatic nitrogens is 2. The van der Waals surface area contributed by atoms with Crippen LogP contribution in [0.3, 0.4) is 0 Å². The lowest BCUT2D eigenvalue weighted by atomic mass is 9.79. The summed E-state index contributed by atoms with van der Waals surface area (Å²) >= 11 is 0. The van der Waals surface area contributed by atoms with Crippen molar-refractivity contribution in [1.82, 2.24) is 14.9 Å². The first kappa shape index (κ1) is 23.3. The van der Waals surface area contributed by atoms with Crippen LogP contribution in [0.4, 0.5) is 17.5 Å². The van der Waals surface area contributed by atoms with Crippen molar-refractivity contribution in [3.05, 3.63) is 70.4 Å². The SMILES string of the molecule is CC1Cc2c(C(N)=O)cccc2N1c1nc2c(c(NCc3cccc(B(O)O)c3)n1)CCN(C)C2. The first-order valence-corrected chi connectivity index (χ1v) is 11.8. The van der Waals surface area contributed by atoms with Gasteiger partial charge < -0.3 is 30.9 Å². The van der Waals surface area contributed by atoms with Gasteiger partial charge in [0.05, 0.1) is 5.69 Å². The van der Waals surface area contributed by atoms with Crippen LogP contribution in [0.5, 0.6) is 0 Å². The summed E-state index contributed by atoms with van der Waals surface area (Å²) in [5.41, 5.74) is 11.5. The van der Waals surface area contributed by atoms with E-state index in [1.54, 1.807) is 24.3 Å². The maximum Gasteiger partial charge on any atom is 0.488 e. The molecule has 9 nitrogen and oxygen atoms in total. The van der Waals surface area contributed by atoms with E-state index in [9.17, 15) is 14.8 Å². The van der Waals surface area contributed by atoms with Gasteiger partial charge in [0, 0.05) is 42.5 Å². The number of hydrogen-bond acceptors (Lipinski definition) is 8. The Kier molecular flexibility index (Phi) is 6.18. The number of anilines is 3. The lowest BCUT2D eigenvalue weighted by molar-refractivity contribution is 0.0999. The smallest absolute Gasteiger partial charge is 0.423 e. The van der Waals surface area contributed by atoms with Gasteiger partial charge >= 0.3 is 7.12 Å². The van der Waals surface area contributed by atoms with Gasteiger partial charge in [-0.05, 0) is 55.5 Å². The predicted molar refractivity (Wildman–Crippen MR) is 136 cm³/mol. The van der Waals surface area contributed by atoms with Gasteiger partial charge in [0.1, 0.15) is 5.82 Å². The molecule has 0 radical (unpaired) electrons. The van der Waals surface area contributed by atoms with Gasteiger partial charge in [-0.3, -0.25) is 4.79 Å². The molecule has 0 bridgehead atoms. The molecule has 3 aromatic rings. The number of rotatable bonds is 6. The molecule has 2 aromatic carbocycles. The molecule has 1 atom stereocenters. The Morgan fingerprint density at radius 3 is 2.77 bits per heavy atom. The molecule has 0 aliphatic carbocycles. The van der Waals surface area contributed by atoms with Crippen LogP contribution in [0.25, 0.3) is 0 Å². The summed E-state index contributed by atoms with van der Waals surface area (Å²) in [6.07, 6.45) is 1.52. The molecule has 5 N–H and O–H groups in total. The second kappa shape index (κ2) is 9.29. The molecule has 5 rings (SSSR count). The quantitative estimate of drug-likeness (QED) is 0.391. The number of primary amides is 1. The van der Waals surface area contributed by atoms with Gasteiger partial charge in [0.2, 0.25) is 11.9 Å².